The number of carbonyl (C=O) groups is 2. The minimum absolute atomic E-state index is 0.00274. The van der Waals surface area contributed by atoms with Crippen molar-refractivity contribution >= 4 is 35.2 Å². The molecule has 2 aromatic rings. The number of hydrogen-bond acceptors (Lipinski definition) is 3. The minimum Gasteiger partial charge on any atom is -0.352 e. The van der Waals surface area contributed by atoms with Crippen molar-refractivity contribution in [2.24, 2.45) is 0 Å². The Morgan fingerprint density at radius 1 is 1.16 bits per heavy atom. The van der Waals surface area contributed by atoms with Gasteiger partial charge in [0.05, 0.1) is 0 Å². The third kappa shape index (κ3) is 7.29. The number of nitrogens with zero attached hydrogens (tertiary/aromatic N) is 1. The molecule has 1 aliphatic carbocycles. The number of amides is 2. The third-order valence-electron chi connectivity index (χ3n) is 5.70. The summed E-state index contributed by atoms with van der Waals surface area (Å²) in [7, 11) is 0. The van der Waals surface area contributed by atoms with E-state index in [1.165, 1.54) is 0 Å². The van der Waals surface area contributed by atoms with Gasteiger partial charge in [-0.05, 0) is 56.5 Å². The summed E-state index contributed by atoms with van der Waals surface area (Å²) >= 11 is 7.57. The molecule has 3 rings (SSSR count). The topological polar surface area (TPSA) is 49.4 Å². The maximum Gasteiger partial charge on any atom is 0.242 e. The van der Waals surface area contributed by atoms with E-state index in [9.17, 15) is 9.59 Å². The molecule has 0 bridgehead atoms. The molecule has 6 heteroatoms. The van der Waals surface area contributed by atoms with Gasteiger partial charge in [-0.15, -0.1) is 11.8 Å². The van der Waals surface area contributed by atoms with Gasteiger partial charge in [0.2, 0.25) is 11.8 Å². The number of aryl methyl sites for hydroxylation is 1. The molecule has 0 saturated heterocycles. The molecular weight excluding hydrogens is 428 g/mol. The van der Waals surface area contributed by atoms with E-state index in [-0.39, 0.29) is 17.9 Å². The lowest BCUT2D eigenvalue weighted by Crippen LogP contribution is -2.49. The first-order chi connectivity index (χ1) is 14.9. The van der Waals surface area contributed by atoms with Crippen LogP contribution in [0.15, 0.2) is 53.4 Å². The lowest BCUT2D eigenvalue weighted by atomic mass is 10.1. The first-order valence-electron chi connectivity index (χ1n) is 11.0. The Kier molecular flexibility index (Phi) is 8.85. The Bertz CT molecular complexity index is 881. The lowest BCUT2D eigenvalue weighted by molar-refractivity contribution is -0.140. The van der Waals surface area contributed by atoms with E-state index in [0.29, 0.717) is 23.7 Å². The summed E-state index contributed by atoms with van der Waals surface area (Å²) in [6, 6.07) is 15.5. The van der Waals surface area contributed by atoms with E-state index >= 15 is 0 Å². The van der Waals surface area contributed by atoms with Crippen molar-refractivity contribution in [2.45, 2.75) is 69.5 Å². The van der Waals surface area contributed by atoms with Gasteiger partial charge in [-0.25, -0.2) is 0 Å². The summed E-state index contributed by atoms with van der Waals surface area (Å²) in [5.41, 5.74) is 2.19. The highest BCUT2D eigenvalue weighted by Gasteiger charge is 2.28. The molecule has 1 fully saturated rings. The Balaban J connectivity index is 1.65. The first-order valence-corrected chi connectivity index (χ1v) is 12.3. The summed E-state index contributed by atoms with van der Waals surface area (Å²) in [5.74, 6) is 0.595. The molecule has 2 amide bonds. The van der Waals surface area contributed by atoms with Gasteiger partial charge in [0, 0.05) is 34.7 Å². The number of hydrogen-bond donors (Lipinski definition) is 1. The zero-order chi connectivity index (χ0) is 22.2. The number of carbonyl (C=O) groups excluding carboxylic acids is 2. The monoisotopic (exact) mass is 458 g/mol. The molecule has 1 saturated carbocycles. The van der Waals surface area contributed by atoms with Gasteiger partial charge in [-0.1, -0.05) is 54.3 Å². The molecule has 31 heavy (non-hydrogen) atoms. The largest absolute Gasteiger partial charge is 0.352 e. The fraction of sp³-hybridized carbons (Fsp3) is 0.440. The van der Waals surface area contributed by atoms with E-state index in [2.05, 4.69) is 11.4 Å². The first kappa shape index (κ1) is 23.7. The molecule has 1 atom stereocenters. The van der Waals surface area contributed by atoms with E-state index in [1.807, 2.05) is 56.3 Å². The van der Waals surface area contributed by atoms with Crippen LogP contribution >= 0.6 is 23.4 Å². The van der Waals surface area contributed by atoms with E-state index in [4.69, 9.17) is 11.6 Å². The molecule has 166 valence electrons. The van der Waals surface area contributed by atoms with Gasteiger partial charge in [-0.2, -0.15) is 0 Å². The van der Waals surface area contributed by atoms with Crippen LogP contribution in [0.3, 0.4) is 0 Å². The highest BCUT2D eigenvalue weighted by molar-refractivity contribution is 7.99. The van der Waals surface area contributed by atoms with Crippen LogP contribution in [0.25, 0.3) is 0 Å². The fourth-order valence-electron chi connectivity index (χ4n) is 3.91. The minimum atomic E-state index is -0.505. The second-order valence-corrected chi connectivity index (χ2v) is 9.83. The summed E-state index contributed by atoms with van der Waals surface area (Å²) < 4.78 is 0. The van der Waals surface area contributed by atoms with Crippen LogP contribution < -0.4 is 5.32 Å². The fourth-order valence-corrected chi connectivity index (χ4v) is 4.88. The Morgan fingerprint density at radius 2 is 1.87 bits per heavy atom. The summed E-state index contributed by atoms with van der Waals surface area (Å²) in [6.45, 7) is 4.31. The normalized spacial score (nSPS) is 14.9. The maximum absolute atomic E-state index is 13.2. The van der Waals surface area contributed by atoms with Crippen LogP contribution in [0.4, 0.5) is 0 Å². The predicted octanol–water partition coefficient (Wildman–Crippen LogP) is 5.61. The van der Waals surface area contributed by atoms with Crippen LogP contribution in [0.2, 0.25) is 5.02 Å². The summed E-state index contributed by atoms with van der Waals surface area (Å²) in [4.78, 5) is 28.9. The Hall–Kier alpha value is -1.98. The van der Waals surface area contributed by atoms with Crippen LogP contribution in [0, 0.1) is 6.92 Å². The van der Waals surface area contributed by atoms with Gasteiger partial charge in [0.1, 0.15) is 6.04 Å². The molecule has 0 unspecified atom stereocenters. The van der Waals surface area contributed by atoms with Crippen molar-refractivity contribution < 1.29 is 9.59 Å². The molecular formula is C25H31ClN2O2S. The van der Waals surface area contributed by atoms with E-state index in [0.717, 1.165) is 41.7 Å². The Morgan fingerprint density at radius 3 is 2.55 bits per heavy atom. The average Bonchev–Trinajstić information content (AvgIpc) is 3.26. The molecule has 0 aromatic heterocycles. The zero-order valence-corrected chi connectivity index (χ0v) is 19.8. The highest BCUT2D eigenvalue weighted by Crippen LogP contribution is 2.22. The van der Waals surface area contributed by atoms with E-state index < -0.39 is 6.04 Å². The number of thioether (sulfide) groups is 1. The third-order valence-corrected chi connectivity index (χ3v) is 6.97. The van der Waals surface area contributed by atoms with Crippen LogP contribution in [-0.2, 0) is 16.1 Å². The Labute approximate surface area is 194 Å². The quantitative estimate of drug-likeness (QED) is 0.497. The molecule has 2 aromatic carbocycles. The van der Waals surface area contributed by atoms with Crippen molar-refractivity contribution in [3.05, 3.63) is 64.7 Å². The van der Waals surface area contributed by atoms with Gasteiger partial charge in [-0.3, -0.25) is 9.59 Å². The molecule has 1 N–H and O–H groups in total. The van der Waals surface area contributed by atoms with Crippen LogP contribution in [0.5, 0.6) is 0 Å². The second-order valence-electron chi connectivity index (χ2n) is 8.23. The molecule has 1 aliphatic rings. The molecule has 0 radical (unpaired) electrons. The van der Waals surface area contributed by atoms with Gasteiger partial charge < -0.3 is 10.2 Å². The predicted molar refractivity (Wildman–Crippen MR) is 128 cm³/mol. The average molecular weight is 459 g/mol. The molecule has 0 heterocycles. The lowest BCUT2D eigenvalue weighted by Gasteiger charge is -2.30. The summed E-state index contributed by atoms with van der Waals surface area (Å²) in [5, 5.41) is 3.85. The number of halogens is 1. The van der Waals surface area contributed by atoms with Gasteiger partial charge in [0.15, 0.2) is 0 Å². The number of nitrogens with one attached hydrogen (secondary N) is 1. The molecule has 0 aliphatic heterocycles. The maximum atomic E-state index is 13.2. The molecule has 0 spiro atoms. The van der Waals surface area contributed by atoms with Gasteiger partial charge >= 0.3 is 0 Å². The van der Waals surface area contributed by atoms with Crippen LogP contribution in [0.1, 0.15) is 50.2 Å². The van der Waals surface area contributed by atoms with Gasteiger partial charge in [0.25, 0.3) is 0 Å². The van der Waals surface area contributed by atoms with E-state index in [1.54, 1.807) is 16.7 Å². The smallest absolute Gasteiger partial charge is 0.242 e. The number of benzene rings is 2. The summed E-state index contributed by atoms with van der Waals surface area (Å²) in [6.07, 6.45) is 4.75. The standard InChI is InChI=1S/C25H31ClN2O2S/c1-18-6-5-7-20(16-18)17-28(19(2)25(30)27-22-8-3-4-9-22)24(29)14-15-31-23-12-10-21(26)11-13-23/h5-7,10-13,16,19,22H,3-4,8-9,14-15,17H2,1-2H3,(H,27,30)/t19-/m0/s1. The SMILES string of the molecule is Cc1cccc(CN(C(=O)CCSc2ccc(Cl)cc2)[C@@H](C)C(=O)NC2CCCC2)c1. The van der Waals surface area contributed by atoms with Crippen molar-refractivity contribution in [1.82, 2.24) is 10.2 Å². The van der Waals surface area contributed by atoms with Crippen molar-refractivity contribution in [2.75, 3.05) is 5.75 Å². The number of rotatable bonds is 9. The molecule has 4 nitrogen and oxygen atoms in total. The highest BCUT2D eigenvalue weighted by atomic mass is 35.5. The van der Waals surface area contributed by atoms with Crippen LogP contribution in [-0.4, -0.2) is 34.6 Å². The van der Waals surface area contributed by atoms with Crippen molar-refractivity contribution in [3.63, 3.8) is 0 Å². The van der Waals surface area contributed by atoms with Crippen molar-refractivity contribution in [3.8, 4) is 0 Å². The zero-order valence-electron chi connectivity index (χ0n) is 18.3. The van der Waals surface area contributed by atoms with Crippen molar-refractivity contribution in [1.29, 1.82) is 0 Å². The second kappa shape index (κ2) is 11.6.